The monoisotopic (exact) mass is 324 g/mol. The van der Waals surface area contributed by atoms with Gasteiger partial charge in [0.2, 0.25) is 11.8 Å². The third-order valence-electron chi connectivity index (χ3n) is 4.00. The molecule has 2 rings (SSSR count). The first-order chi connectivity index (χ1) is 11.6. The number of benzene rings is 2. The van der Waals surface area contributed by atoms with Gasteiger partial charge in [-0.25, -0.2) is 0 Å². The van der Waals surface area contributed by atoms with Crippen molar-refractivity contribution in [1.82, 2.24) is 10.2 Å². The van der Waals surface area contributed by atoms with Gasteiger partial charge in [-0.15, -0.1) is 0 Å². The Morgan fingerprint density at radius 2 is 1.67 bits per heavy atom. The predicted molar refractivity (Wildman–Crippen MR) is 95.4 cm³/mol. The second kappa shape index (κ2) is 8.87. The summed E-state index contributed by atoms with van der Waals surface area (Å²) in [5, 5.41) is 2.72. The SMILES string of the molecule is CCN(Cc1ccccc1C)C(=O)CNC(=O)Cc1ccccc1. The lowest BCUT2D eigenvalue weighted by Crippen LogP contribution is -2.40. The Kier molecular flexibility index (Phi) is 6.55. The summed E-state index contributed by atoms with van der Waals surface area (Å²) in [5.41, 5.74) is 3.23. The van der Waals surface area contributed by atoms with Crippen LogP contribution in [0.5, 0.6) is 0 Å². The van der Waals surface area contributed by atoms with E-state index in [0.29, 0.717) is 13.1 Å². The van der Waals surface area contributed by atoms with Gasteiger partial charge in [0.15, 0.2) is 0 Å². The van der Waals surface area contributed by atoms with Crippen LogP contribution >= 0.6 is 0 Å². The second-order valence-electron chi connectivity index (χ2n) is 5.77. The molecule has 1 N–H and O–H groups in total. The minimum atomic E-state index is -0.138. The molecule has 4 heteroatoms. The summed E-state index contributed by atoms with van der Waals surface area (Å²) in [5.74, 6) is -0.205. The van der Waals surface area contributed by atoms with Crippen LogP contribution in [-0.2, 0) is 22.6 Å². The summed E-state index contributed by atoms with van der Waals surface area (Å²) >= 11 is 0. The highest BCUT2D eigenvalue weighted by Gasteiger charge is 2.14. The zero-order valence-electron chi connectivity index (χ0n) is 14.3. The fourth-order valence-electron chi connectivity index (χ4n) is 2.50. The number of likely N-dealkylation sites (N-methyl/N-ethyl adjacent to an activating group) is 1. The van der Waals surface area contributed by atoms with Crippen LogP contribution in [0.4, 0.5) is 0 Å². The zero-order valence-corrected chi connectivity index (χ0v) is 14.3. The van der Waals surface area contributed by atoms with Crippen LogP contribution < -0.4 is 5.32 Å². The Morgan fingerprint density at radius 1 is 1.00 bits per heavy atom. The number of nitrogens with one attached hydrogen (secondary N) is 1. The van der Waals surface area contributed by atoms with Crippen molar-refractivity contribution in [3.8, 4) is 0 Å². The topological polar surface area (TPSA) is 49.4 Å². The molecule has 0 heterocycles. The van der Waals surface area contributed by atoms with E-state index >= 15 is 0 Å². The molecule has 0 fully saturated rings. The van der Waals surface area contributed by atoms with Crippen molar-refractivity contribution in [2.75, 3.05) is 13.1 Å². The van der Waals surface area contributed by atoms with E-state index in [-0.39, 0.29) is 24.8 Å². The van der Waals surface area contributed by atoms with E-state index in [4.69, 9.17) is 0 Å². The summed E-state index contributed by atoms with van der Waals surface area (Å²) < 4.78 is 0. The molecule has 0 bridgehead atoms. The molecule has 0 aliphatic heterocycles. The van der Waals surface area contributed by atoms with E-state index in [2.05, 4.69) is 5.32 Å². The van der Waals surface area contributed by atoms with Crippen molar-refractivity contribution in [2.45, 2.75) is 26.8 Å². The average molecular weight is 324 g/mol. The molecule has 0 unspecified atom stereocenters. The first kappa shape index (κ1) is 17.7. The first-order valence-electron chi connectivity index (χ1n) is 8.23. The lowest BCUT2D eigenvalue weighted by Gasteiger charge is -2.22. The van der Waals surface area contributed by atoms with Crippen molar-refractivity contribution >= 4 is 11.8 Å². The largest absolute Gasteiger partial charge is 0.347 e. The molecule has 2 aromatic rings. The minimum absolute atomic E-state index is 0.0331. The van der Waals surface area contributed by atoms with Gasteiger partial charge in [-0.2, -0.15) is 0 Å². The normalized spacial score (nSPS) is 10.2. The van der Waals surface area contributed by atoms with Gasteiger partial charge in [-0.3, -0.25) is 9.59 Å². The molecular formula is C20H24N2O2. The fraction of sp³-hybridized carbons (Fsp3) is 0.300. The Hall–Kier alpha value is -2.62. The second-order valence-corrected chi connectivity index (χ2v) is 5.77. The van der Waals surface area contributed by atoms with E-state index < -0.39 is 0 Å². The van der Waals surface area contributed by atoms with E-state index in [0.717, 1.165) is 16.7 Å². The lowest BCUT2D eigenvalue weighted by molar-refractivity contribution is -0.133. The van der Waals surface area contributed by atoms with Crippen molar-refractivity contribution in [2.24, 2.45) is 0 Å². The van der Waals surface area contributed by atoms with Gasteiger partial charge in [0.1, 0.15) is 0 Å². The van der Waals surface area contributed by atoms with Crippen LogP contribution in [0.3, 0.4) is 0 Å². The van der Waals surface area contributed by atoms with Crippen LogP contribution in [-0.4, -0.2) is 29.8 Å². The highest BCUT2D eigenvalue weighted by Crippen LogP contribution is 2.10. The van der Waals surface area contributed by atoms with Crippen LogP contribution in [0.1, 0.15) is 23.6 Å². The van der Waals surface area contributed by atoms with Crippen molar-refractivity contribution in [1.29, 1.82) is 0 Å². The maximum absolute atomic E-state index is 12.4. The Balaban J connectivity index is 1.85. The number of carbonyl (C=O) groups is 2. The molecule has 0 radical (unpaired) electrons. The van der Waals surface area contributed by atoms with Gasteiger partial charge in [-0.05, 0) is 30.5 Å². The van der Waals surface area contributed by atoms with E-state index in [1.807, 2.05) is 68.4 Å². The molecule has 0 aliphatic carbocycles. The fourth-order valence-corrected chi connectivity index (χ4v) is 2.50. The third-order valence-corrected chi connectivity index (χ3v) is 4.00. The summed E-state index contributed by atoms with van der Waals surface area (Å²) in [6.45, 7) is 5.20. The number of rotatable bonds is 7. The summed E-state index contributed by atoms with van der Waals surface area (Å²) in [6, 6.07) is 17.5. The standard InChI is InChI=1S/C20H24N2O2/c1-3-22(15-18-12-8-7-9-16(18)2)20(24)14-21-19(23)13-17-10-5-4-6-11-17/h4-12H,3,13-15H2,1-2H3,(H,21,23). The molecule has 0 aliphatic rings. The van der Waals surface area contributed by atoms with Gasteiger partial charge in [0, 0.05) is 13.1 Å². The maximum atomic E-state index is 12.4. The van der Waals surface area contributed by atoms with Crippen LogP contribution in [0.2, 0.25) is 0 Å². The molecule has 0 atom stereocenters. The molecule has 24 heavy (non-hydrogen) atoms. The number of carbonyl (C=O) groups excluding carboxylic acids is 2. The first-order valence-corrected chi connectivity index (χ1v) is 8.23. The van der Waals surface area contributed by atoms with Crippen LogP contribution in [0.25, 0.3) is 0 Å². The van der Waals surface area contributed by atoms with Crippen molar-refractivity contribution in [3.05, 3.63) is 71.3 Å². The van der Waals surface area contributed by atoms with Crippen LogP contribution in [0.15, 0.2) is 54.6 Å². The number of aryl methyl sites for hydroxylation is 1. The van der Waals surface area contributed by atoms with Gasteiger partial charge in [0.05, 0.1) is 13.0 Å². The third kappa shape index (κ3) is 5.23. The number of hydrogen-bond donors (Lipinski definition) is 1. The highest BCUT2D eigenvalue weighted by molar-refractivity contribution is 5.85. The molecular weight excluding hydrogens is 300 g/mol. The lowest BCUT2D eigenvalue weighted by atomic mass is 10.1. The average Bonchev–Trinajstić information content (AvgIpc) is 2.60. The molecule has 126 valence electrons. The van der Waals surface area contributed by atoms with E-state index in [1.54, 1.807) is 4.90 Å². The Labute approximate surface area is 143 Å². The smallest absolute Gasteiger partial charge is 0.242 e. The van der Waals surface area contributed by atoms with E-state index in [1.165, 1.54) is 0 Å². The van der Waals surface area contributed by atoms with E-state index in [9.17, 15) is 9.59 Å². The Morgan fingerprint density at radius 3 is 2.33 bits per heavy atom. The van der Waals surface area contributed by atoms with Crippen molar-refractivity contribution < 1.29 is 9.59 Å². The van der Waals surface area contributed by atoms with Gasteiger partial charge in [-0.1, -0.05) is 54.6 Å². The summed E-state index contributed by atoms with van der Waals surface area (Å²) in [4.78, 5) is 26.1. The molecule has 2 aromatic carbocycles. The highest BCUT2D eigenvalue weighted by atomic mass is 16.2. The summed E-state index contributed by atoms with van der Waals surface area (Å²) in [6.07, 6.45) is 0.290. The van der Waals surface area contributed by atoms with Crippen LogP contribution in [0, 0.1) is 6.92 Å². The molecule has 2 amide bonds. The van der Waals surface area contributed by atoms with Gasteiger partial charge < -0.3 is 10.2 Å². The molecule has 0 aromatic heterocycles. The number of nitrogens with zero attached hydrogens (tertiary/aromatic N) is 1. The van der Waals surface area contributed by atoms with Gasteiger partial charge >= 0.3 is 0 Å². The van der Waals surface area contributed by atoms with Gasteiger partial charge in [0.25, 0.3) is 0 Å². The maximum Gasteiger partial charge on any atom is 0.242 e. The number of amides is 2. The zero-order chi connectivity index (χ0) is 17.4. The molecule has 0 saturated heterocycles. The summed E-state index contributed by atoms with van der Waals surface area (Å²) in [7, 11) is 0. The molecule has 4 nitrogen and oxygen atoms in total. The quantitative estimate of drug-likeness (QED) is 0.851. The molecule has 0 spiro atoms. The predicted octanol–water partition coefficient (Wildman–Crippen LogP) is 2.70. The molecule has 0 saturated carbocycles. The van der Waals surface area contributed by atoms with Crippen molar-refractivity contribution in [3.63, 3.8) is 0 Å². The Bertz CT molecular complexity index is 683. The minimum Gasteiger partial charge on any atom is -0.347 e. The number of hydrogen-bond acceptors (Lipinski definition) is 2.